The van der Waals surface area contributed by atoms with Crippen molar-refractivity contribution in [3.8, 4) is 11.1 Å². The average Bonchev–Trinajstić information content (AvgIpc) is 2.67. The highest BCUT2D eigenvalue weighted by Gasteiger charge is 2.06. The summed E-state index contributed by atoms with van der Waals surface area (Å²) >= 11 is 0. The summed E-state index contributed by atoms with van der Waals surface area (Å²) in [5, 5.41) is 8.10. The Morgan fingerprint density at radius 3 is 1.19 bits per heavy atom. The largest absolute Gasteiger partial charge is 1.00 e. The van der Waals surface area contributed by atoms with Crippen LogP contribution in [0.3, 0.4) is 0 Å². The molecule has 8 heteroatoms. The topological polar surface area (TPSA) is 43.2 Å². The fourth-order valence-electron chi connectivity index (χ4n) is 2.45. The lowest BCUT2D eigenvalue weighted by molar-refractivity contribution is -0.870. The molecule has 0 aromatic heterocycles. The van der Waals surface area contributed by atoms with Crippen LogP contribution in [0.4, 0.5) is 0 Å². The van der Waals surface area contributed by atoms with Crippen LogP contribution in [0.5, 0.6) is 0 Å². The van der Waals surface area contributed by atoms with Crippen LogP contribution in [-0.2, 0) is 9.68 Å². The molecule has 0 saturated heterocycles. The van der Waals surface area contributed by atoms with Gasteiger partial charge < -0.3 is 66.6 Å². The van der Waals surface area contributed by atoms with E-state index in [1.165, 1.54) is 0 Å². The van der Waals surface area contributed by atoms with E-state index in [1.54, 1.807) is 12.4 Å². The highest BCUT2D eigenvalue weighted by molar-refractivity contribution is 5.82. The minimum absolute atomic E-state index is 0. The van der Waals surface area contributed by atoms with E-state index in [0.717, 1.165) is 44.3 Å². The van der Waals surface area contributed by atoms with Gasteiger partial charge in [-0.3, -0.25) is 0 Å². The predicted octanol–water partition coefficient (Wildman–Crippen LogP) is -2.52. The zero-order valence-electron chi connectivity index (χ0n) is 20.0. The Morgan fingerprint density at radius 2 is 0.906 bits per heavy atom. The molecule has 0 heterocycles. The standard InChI is InChI=1S/C24H36N4O2.2HI/c1-27(2,3)15-17-29-25-19-21-7-11-23(12-8-21)24-13-9-22(10-14-24)20-26-30-18-16-28(4,5)6;;/h7-14,19-20H,15-18H2,1-6H3;2*1H/q+2;;/p-2/b25-19+,26-20+;;. The van der Waals surface area contributed by atoms with Crippen LogP contribution in [0.2, 0.25) is 0 Å². The number of nitrogens with zero attached hydrogens (tertiary/aromatic N) is 4. The molecular weight excluding hydrogens is 630 g/mol. The van der Waals surface area contributed by atoms with Gasteiger partial charge in [0.15, 0.2) is 13.2 Å². The van der Waals surface area contributed by atoms with Crippen molar-refractivity contribution >= 4 is 12.4 Å². The quantitative estimate of drug-likeness (QED) is 0.0875. The Kier molecular flexibility index (Phi) is 14.2. The molecule has 2 aromatic rings. The highest BCUT2D eigenvalue weighted by atomic mass is 127. The van der Waals surface area contributed by atoms with Crippen molar-refractivity contribution < 1.29 is 66.6 Å². The molecule has 2 rings (SSSR count). The van der Waals surface area contributed by atoms with Gasteiger partial charge in [0, 0.05) is 0 Å². The van der Waals surface area contributed by atoms with Gasteiger partial charge >= 0.3 is 0 Å². The van der Waals surface area contributed by atoms with Gasteiger partial charge in [-0.25, -0.2) is 0 Å². The number of hydrogen-bond donors (Lipinski definition) is 0. The molecule has 0 atom stereocenters. The van der Waals surface area contributed by atoms with Crippen molar-refractivity contribution in [2.75, 3.05) is 68.6 Å². The number of halogens is 2. The number of quaternary nitrogens is 2. The predicted molar refractivity (Wildman–Crippen MR) is 125 cm³/mol. The maximum atomic E-state index is 5.34. The summed E-state index contributed by atoms with van der Waals surface area (Å²) in [6.07, 6.45) is 3.50. The van der Waals surface area contributed by atoms with Crippen LogP contribution < -0.4 is 48.0 Å². The number of rotatable bonds is 11. The Balaban J connectivity index is 0.00000480. The second-order valence-corrected chi connectivity index (χ2v) is 9.41. The van der Waals surface area contributed by atoms with Gasteiger partial charge in [-0.2, -0.15) is 0 Å². The van der Waals surface area contributed by atoms with Crippen molar-refractivity contribution in [2.45, 2.75) is 0 Å². The van der Waals surface area contributed by atoms with Crippen LogP contribution in [0.15, 0.2) is 58.8 Å². The summed E-state index contributed by atoms with van der Waals surface area (Å²) in [7, 11) is 12.8. The fourth-order valence-corrected chi connectivity index (χ4v) is 2.45. The van der Waals surface area contributed by atoms with Crippen LogP contribution in [0.1, 0.15) is 11.1 Å². The van der Waals surface area contributed by atoms with Crippen molar-refractivity contribution in [3.63, 3.8) is 0 Å². The number of likely N-dealkylation sites (N-methyl/N-ethyl adjacent to an activating group) is 2. The highest BCUT2D eigenvalue weighted by Crippen LogP contribution is 2.19. The molecule has 0 fully saturated rings. The molecule has 0 saturated carbocycles. The zero-order valence-corrected chi connectivity index (χ0v) is 24.3. The van der Waals surface area contributed by atoms with Crippen molar-refractivity contribution in [3.05, 3.63) is 59.7 Å². The molecule has 0 bridgehead atoms. The average molecular weight is 666 g/mol. The van der Waals surface area contributed by atoms with Crippen LogP contribution in [-0.4, -0.2) is 90.0 Å². The first-order chi connectivity index (χ1) is 14.1. The van der Waals surface area contributed by atoms with Crippen molar-refractivity contribution in [1.29, 1.82) is 0 Å². The van der Waals surface area contributed by atoms with Crippen molar-refractivity contribution in [1.82, 2.24) is 0 Å². The normalized spacial score (nSPS) is 11.8. The van der Waals surface area contributed by atoms with Crippen LogP contribution in [0.25, 0.3) is 11.1 Å². The lowest BCUT2D eigenvalue weighted by atomic mass is 10.0. The third kappa shape index (κ3) is 13.3. The Hall–Kier alpha value is -1.24. The monoisotopic (exact) mass is 666 g/mol. The molecule has 0 aliphatic heterocycles. The van der Waals surface area contributed by atoms with Gasteiger partial charge in [0.25, 0.3) is 0 Å². The maximum Gasteiger partial charge on any atom is 0.165 e. The first-order valence-electron chi connectivity index (χ1n) is 10.2. The van der Waals surface area contributed by atoms with E-state index in [-0.39, 0.29) is 48.0 Å². The Morgan fingerprint density at radius 1 is 0.594 bits per heavy atom. The molecule has 32 heavy (non-hydrogen) atoms. The Labute approximate surface area is 227 Å². The molecule has 0 spiro atoms. The van der Waals surface area contributed by atoms with Gasteiger partial charge in [0.2, 0.25) is 0 Å². The van der Waals surface area contributed by atoms with E-state index >= 15 is 0 Å². The van der Waals surface area contributed by atoms with E-state index in [2.05, 4.69) is 76.9 Å². The van der Waals surface area contributed by atoms with E-state index in [0.29, 0.717) is 13.2 Å². The van der Waals surface area contributed by atoms with Gasteiger partial charge in [-0.1, -0.05) is 58.8 Å². The van der Waals surface area contributed by atoms with E-state index in [9.17, 15) is 0 Å². The molecular formula is C24H36I2N4O2. The molecule has 0 aliphatic carbocycles. The van der Waals surface area contributed by atoms with E-state index in [1.807, 2.05) is 24.3 Å². The molecule has 0 unspecified atom stereocenters. The lowest BCUT2D eigenvalue weighted by Gasteiger charge is -2.22. The zero-order chi connectivity index (χ0) is 22.0. The molecule has 0 N–H and O–H groups in total. The fraction of sp³-hybridized carbons (Fsp3) is 0.417. The molecule has 0 aliphatic rings. The first-order valence-corrected chi connectivity index (χ1v) is 10.2. The summed E-state index contributed by atoms with van der Waals surface area (Å²) < 4.78 is 1.72. The summed E-state index contributed by atoms with van der Waals surface area (Å²) in [6, 6.07) is 16.5. The molecule has 0 amide bonds. The summed E-state index contributed by atoms with van der Waals surface area (Å²) in [5.41, 5.74) is 4.33. The summed E-state index contributed by atoms with van der Waals surface area (Å²) in [5.74, 6) is 0. The number of oxime groups is 2. The van der Waals surface area contributed by atoms with Crippen molar-refractivity contribution in [2.24, 2.45) is 10.3 Å². The lowest BCUT2D eigenvalue weighted by Crippen LogP contribution is -3.00. The summed E-state index contributed by atoms with van der Waals surface area (Å²) in [6.45, 7) is 3.04. The number of benzene rings is 2. The second-order valence-electron chi connectivity index (χ2n) is 9.41. The molecule has 0 radical (unpaired) electrons. The van der Waals surface area contributed by atoms with Crippen LogP contribution >= 0.6 is 0 Å². The minimum Gasteiger partial charge on any atom is -1.00 e. The SMILES string of the molecule is C[N+](C)(C)CCO/N=C/c1ccc(-c2ccc(/C=N/OCC[N+](C)(C)C)cc2)cc1.[I-].[I-]. The van der Waals surface area contributed by atoms with E-state index < -0.39 is 0 Å². The van der Waals surface area contributed by atoms with Gasteiger partial charge in [0.05, 0.1) is 54.7 Å². The van der Waals surface area contributed by atoms with E-state index in [4.69, 9.17) is 9.68 Å². The molecule has 178 valence electrons. The summed E-state index contributed by atoms with van der Waals surface area (Å²) in [4.78, 5) is 10.7. The molecule has 2 aromatic carbocycles. The molecule has 6 nitrogen and oxygen atoms in total. The van der Waals surface area contributed by atoms with Gasteiger partial charge in [-0.15, -0.1) is 0 Å². The van der Waals surface area contributed by atoms with Gasteiger partial charge in [-0.05, 0) is 22.3 Å². The Bertz CT molecular complexity index is 754. The third-order valence-electron chi connectivity index (χ3n) is 4.41. The third-order valence-corrected chi connectivity index (χ3v) is 4.41. The first kappa shape index (κ1) is 30.8. The smallest absolute Gasteiger partial charge is 0.165 e. The maximum absolute atomic E-state index is 5.34. The minimum atomic E-state index is 0. The number of hydrogen-bond acceptors (Lipinski definition) is 4. The van der Waals surface area contributed by atoms with Gasteiger partial charge in [0.1, 0.15) is 13.1 Å². The second kappa shape index (κ2) is 14.8. The van der Waals surface area contributed by atoms with Crippen LogP contribution in [0, 0.1) is 0 Å².